The van der Waals surface area contributed by atoms with E-state index in [4.69, 9.17) is 0 Å². The third-order valence-corrected chi connectivity index (χ3v) is 4.62. The van der Waals surface area contributed by atoms with Crippen LogP contribution in [0.25, 0.3) is 0 Å². The largest absolute Gasteiger partial charge is 0.508 e. The molecule has 7 heteroatoms. The molecule has 0 radical (unpaired) electrons. The highest BCUT2D eigenvalue weighted by atomic mass is 16.3. The van der Waals surface area contributed by atoms with Crippen molar-refractivity contribution < 1.29 is 24.3 Å². The van der Waals surface area contributed by atoms with E-state index in [0.717, 1.165) is 5.56 Å². The van der Waals surface area contributed by atoms with Crippen LogP contribution in [0.4, 0.5) is 0 Å². The fourth-order valence-electron chi connectivity index (χ4n) is 2.92. The predicted molar refractivity (Wildman–Crippen MR) is 111 cm³/mol. The van der Waals surface area contributed by atoms with E-state index >= 15 is 0 Å². The van der Waals surface area contributed by atoms with E-state index in [1.54, 1.807) is 30.3 Å². The summed E-state index contributed by atoms with van der Waals surface area (Å²) in [6.45, 7) is 1.42. The highest BCUT2D eigenvalue weighted by molar-refractivity contribution is 6.06. The van der Waals surface area contributed by atoms with Gasteiger partial charge in [-0.05, 0) is 56.0 Å². The van der Waals surface area contributed by atoms with Crippen molar-refractivity contribution in [1.82, 2.24) is 10.3 Å². The van der Waals surface area contributed by atoms with E-state index in [2.05, 4.69) is 10.3 Å². The maximum atomic E-state index is 12.2. The number of rotatable bonds is 12. The standard InChI is InChI=1S/C23H26N2O5/c1-16(26)21(14-17-9-11-18(27)12-10-17)25-23(30)8-3-2-6-19(28)15-22(29)20-7-4-5-13-24-20/h4-5,7,9-13,21,27H,2-3,6,8,14-15H2,1H3,(H,25,30)/t21-/m0/s1. The second-order valence-corrected chi connectivity index (χ2v) is 7.16. The number of carbonyl (C=O) groups is 4. The number of benzene rings is 1. The Morgan fingerprint density at radius 3 is 2.33 bits per heavy atom. The molecule has 158 valence electrons. The Balaban J connectivity index is 1.70. The molecule has 1 aromatic carbocycles. The van der Waals surface area contributed by atoms with Crippen LogP contribution >= 0.6 is 0 Å². The molecule has 7 nitrogen and oxygen atoms in total. The Bertz CT molecular complexity index is 878. The summed E-state index contributed by atoms with van der Waals surface area (Å²) < 4.78 is 0. The number of phenols is 1. The number of aromatic nitrogens is 1. The van der Waals surface area contributed by atoms with E-state index in [1.807, 2.05) is 0 Å². The molecule has 0 aliphatic rings. The zero-order valence-corrected chi connectivity index (χ0v) is 17.0. The van der Waals surface area contributed by atoms with E-state index < -0.39 is 6.04 Å². The molecule has 2 N–H and O–H groups in total. The number of unbranched alkanes of at least 4 members (excludes halogenated alkanes) is 1. The number of aromatic hydroxyl groups is 1. The minimum Gasteiger partial charge on any atom is -0.508 e. The molecule has 0 bridgehead atoms. The molecule has 1 amide bonds. The number of pyridine rings is 1. The molecule has 1 atom stereocenters. The Labute approximate surface area is 175 Å². The van der Waals surface area contributed by atoms with Crippen LogP contribution in [0.3, 0.4) is 0 Å². The fourth-order valence-corrected chi connectivity index (χ4v) is 2.92. The molecule has 0 spiro atoms. The lowest BCUT2D eigenvalue weighted by Crippen LogP contribution is -2.41. The SMILES string of the molecule is CC(=O)[C@H](Cc1ccc(O)cc1)NC(=O)CCCCC(=O)CC(=O)c1ccccn1. The van der Waals surface area contributed by atoms with Crippen LogP contribution in [0, 0.1) is 0 Å². The summed E-state index contributed by atoms with van der Waals surface area (Å²) in [6.07, 6.45) is 3.05. The number of nitrogens with zero attached hydrogens (tertiary/aromatic N) is 1. The van der Waals surface area contributed by atoms with Gasteiger partial charge < -0.3 is 10.4 Å². The topological polar surface area (TPSA) is 113 Å². The molecule has 0 fully saturated rings. The first-order valence-corrected chi connectivity index (χ1v) is 9.89. The Hall–Kier alpha value is -3.35. The zero-order chi connectivity index (χ0) is 21.9. The van der Waals surface area contributed by atoms with Gasteiger partial charge in [-0.1, -0.05) is 18.2 Å². The number of hydrogen-bond donors (Lipinski definition) is 2. The molecular weight excluding hydrogens is 384 g/mol. The van der Waals surface area contributed by atoms with Crippen LogP contribution in [0.2, 0.25) is 0 Å². The molecule has 1 heterocycles. The molecule has 0 unspecified atom stereocenters. The number of amides is 1. The van der Waals surface area contributed by atoms with Gasteiger partial charge >= 0.3 is 0 Å². The Morgan fingerprint density at radius 1 is 1.00 bits per heavy atom. The maximum absolute atomic E-state index is 12.2. The van der Waals surface area contributed by atoms with Crippen LogP contribution in [-0.4, -0.2) is 39.4 Å². The van der Waals surface area contributed by atoms with Gasteiger partial charge in [-0.2, -0.15) is 0 Å². The van der Waals surface area contributed by atoms with Crippen molar-refractivity contribution in [2.45, 2.75) is 51.5 Å². The van der Waals surface area contributed by atoms with Gasteiger partial charge in [0.1, 0.15) is 17.2 Å². The van der Waals surface area contributed by atoms with Crippen LogP contribution in [0.1, 0.15) is 55.1 Å². The summed E-state index contributed by atoms with van der Waals surface area (Å²) in [5, 5.41) is 12.1. The number of nitrogens with one attached hydrogen (secondary N) is 1. The van der Waals surface area contributed by atoms with Gasteiger partial charge in [0.25, 0.3) is 0 Å². The van der Waals surface area contributed by atoms with Gasteiger partial charge in [0.2, 0.25) is 5.91 Å². The second kappa shape index (κ2) is 11.6. The Kier molecular flexibility index (Phi) is 8.87. The summed E-state index contributed by atoms with van der Waals surface area (Å²) >= 11 is 0. The number of phenolic OH excluding ortho intramolecular Hbond substituents is 1. The average molecular weight is 410 g/mol. The quantitative estimate of drug-likeness (QED) is 0.316. The van der Waals surface area contributed by atoms with E-state index in [9.17, 15) is 24.3 Å². The van der Waals surface area contributed by atoms with E-state index in [0.29, 0.717) is 19.3 Å². The van der Waals surface area contributed by atoms with Gasteiger partial charge in [-0.3, -0.25) is 24.2 Å². The van der Waals surface area contributed by atoms with Crippen molar-refractivity contribution >= 4 is 23.3 Å². The van der Waals surface area contributed by atoms with E-state index in [-0.39, 0.29) is 54.0 Å². The number of ketones is 3. The lowest BCUT2D eigenvalue weighted by molar-refractivity contribution is -0.127. The van der Waals surface area contributed by atoms with Crippen LogP contribution in [-0.2, 0) is 20.8 Å². The first kappa shape index (κ1) is 22.9. The van der Waals surface area contributed by atoms with Gasteiger partial charge in [0.15, 0.2) is 11.6 Å². The predicted octanol–water partition coefficient (Wildman–Crippen LogP) is 2.81. The number of Topliss-reactive ketones (excluding diaryl/α,β-unsaturated/α-hetero) is 3. The normalized spacial score (nSPS) is 11.5. The third kappa shape index (κ3) is 7.95. The first-order chi connectivity index (χ1) is 14.3. The minimum absolute atomic E-state index is 0.137. The molecule has 0 aliphatic carbocycles. The molecule has 0 aliphatic heterocycles. The summed E-state index contributed by atoms with van der Waals surface area (Å²) in [7, 11) is 0. The lowest BCUT2D eigenvalue weighted by atomic mass is 10.0. The Morgan fingerprint density at radius 2 is 1.70 bits per heavy atom. The van der Waals surface area contributed by atoms with Crippen molar-refractivity contribution in [3.63, 3.8) is 0 Å². The van der Waals surface area contributed by atoms with E-state index in [1.165, 1.54) is 25.3 Å². The van der Waals surface area contributed by atoms with Crippen LogP contribution in [0.5, 0.6) is 5.75 Å². The van der Waals surface area contributed by atoms with Crippen molar-refractivity contribution in [1.29, 1.82) is 0 Å². The molecule has 0 saturated carbocycles. The molecule has 0 saturated heterocycles. The molecule has 1 aromatic heterocycles. The fraction of sp³-hybridized carbons (Fsp3) is 0.348. The van der Waals surface area contributed by atoms with Gasteiger partial charge in [-0.25, -0.2) is 0 Å². The smallest absolute Gasteiger partial charge is 0.220 e. The van der Waals surface area contributed by atoms with Crippen molar-refractivity contribution in [3.05, 3.63) is 59.9 Å². The van der Waals surface area contributed by atoms with Gasteiger partial charge in [0.05, 0.1) is 12.5 Å². The first-order valence-electron chi connectivity index (χ1n) is 9.89. The summed E-state index contributed by atoms with van der Waals surface area (Å²) in [6, 6.07) is 10.8. The summed E-state index contributed by atoms with van der Waals surface area (Å²) in [5.41, 5.74) is 1.10. The van der Waals surface area contributed by atoms with Gasteiger partial charge in [-0.15, -0.1) is 0 Å². The zero-order valence-electron chi connectivity index (χ0n) is 17.0. The van der Waals surface area contributed by atoms with Crippen LogP contribution < -0.4 is 5.32 Å². The van der Waals surface area contributed by atoms with Crippen molar-refractivity contribution in [2.75, 3.05) is 0 Å². The maximum Gasteiger partial charge on any atom is 0.220 e. The van der Waals surface area contributed by atoms with Crippen molar-refractivity contribution in [2.24, 2.45) is 0 Å². The monoisotopic (exact) mass is 410 g/mol. The highest BCUT2D eigenvalue weighted by Gasteiger charge is 2.18. The molecule has 30 heavy (non-hydrogen) atoms. The average Bonchev–Trinajstić information content (AvgIpc) is 2.73. The number of hydrogen-bond acceptors (Lipinski definition) is 6. The second-order valence-electron chi connectivity index (χ2n) is 7.16. The van der Waals surface area contributed by atoms with Crippen LogP contribution in [0.15, 0.2) is 48.7 Å². The molecule has 2 aromatic rings. The third-order valence-electron chi connectivity index (χ3n) is 4.62. The molecular formula is C23H26N2O5. The number of carbonyl (C=O) groups excluding carboxylic acids is 4. The lowest BCUT2D eigenvalue weighted by Gasteiger charge is -2.16. The van der Waals surface area contributed by atoms with Crippen molar-refractivity contribution in [3.8, 4) is 5.75 Å². The molecule has 2 rings (SSSR count). The highest BCUT2D eigenvalue weighted by Crippen LogP contribution is 2.12. The minimum atomic E-state index is -0.639. The summed E-state index contributed by atoms with van der Waals surface area (Å²) in [4.78, 5) is 51.8. The van der Waals surface area contributed by atoms with Gasteiger partial charge in [0, 0.05) is 19.0 Å². The summed E-state index contributed by atoms with van der Waals surface area (Å²) in [5.74, 6) is -0.763.